The molecule has 0 spiro atoms. The fourth-order valence-electron chi connectivity index (χ4n) is 3.00. The zero-order valence-electron chi connectivity index (χ0n) is 14.7. The summed E-state index contributed by atoms with van der Waals surface area (Å²) in [4.78, 5) is 28.7. The normalized spacial score (nSPS) is 14.5. The van der Waals surface area contributed by atoms with Crippen LogP contribution in [0.15, 0.2) is 30.3 Å². The molecule has 2 heterocycles. The van der Waals surface area contributed by atoms with Gasteiger partial charge in [0, 0.05) is 38.8 Å². The minimum absolute atomic E-state index is 0.0221. The van der Waals surface area contributed by atoms with Crippen molar-refractivity contribution in [1.82, 2.24) is 19.6 Å². The van der Waals surface area contributed by atoms with Crippen molar-refractivity contribution in [2.75, 3.05) is 33.3 Å². The molecule has 7 nitrogen and oxygen atoms in total. The number of hydrogen-bond donors (Lipinski definition) is 0. The minimum atomic E-state index is -0.0420. The van der Waals surface area contributed by atoms with Crippen LogP contribution in [0, 0.1) is 6.92 Å². The van der Waals surface area contributed by atoms with Crippen molar-refractivity contribution in [3.8, 4) is 5.75 Å². The van der Waals surface area contributed by atoms with Gasteiger partial charge in [0.25, 0.3) is 11.8 Å². The molecular formula is C18H22N4O3. The summed E-state index contributed by atoms with van der Waals surface area (Å²) < 4.78 is 6.72. The van der Waals surface area contributed by atoms with Gasteiger partial charge in [0.15, 0.2) is 0 Å². The van der Waals surface area contributed by atoms with Crippen LogP contribution in [0.25, 0.3) is 0 Å². The van der Waals surface area contributed by atoms with Crippen molar-refractivity contribution < 1.29 is 14.3 Å². The van der Waals surface area contributed by atoms with E-state index in [0.717, 1.165) is 11.4 Å². The third-order valence-corrected chi connectivity index (χ3v) is 4.41. The van der Waals surface area contributed by atoms with E-state index in [4.69, 9.17) is 4.74 Å². The fraction of sp³-hybridized carbons (Fsp3) is 0.389. The van der Waals surface area contributed by atoms with Crippen molar-refractivity contribution >= 4 is 11.8 Å². The van der Waals surface area contributed by atoms with Crippen LogP contribution in [0.2, 0.25) is 0 Å². The largest absolute Gasteiger partial charge is 0.497 e. The van der Waals surface area contributed by atoms with Gasteiger partial charge < -0.3 is 14.5 Å². The number of aryl methyl sites for hydroxylation is 2. The topological polar surface area (TPSA) is 67.7 Å². The van der Waals surface area contributed by atoms with Crippen LogP contribution < -0.4 is 4.74 Å². The molecule has 1 aliphatic rings. The summed E-state index contributed by atoms with van der Waals surface area (Å²) >= 11 is 0. The van der Waals surface area contributed by atoms with Gasteiger partial charge in [-0.15, -0.1) is 0 Å². The summed E-state index contributed by atoms with van der Waals surface area (Å²) in [5.41, 5.74) is 2.02. The molecule has 2 amide bonds. The number of aromatic nitrogens is 2. The number of rotatable bonds is 3. The first-order valence-electron chi connectivity index (χ1n) is 8.23. The summed E-state index contributed by atoms with van der Waals surface area (Å²) in [6.07, 6.45) is 0. The number of nitrogens with zero attached hydrogens (tertiary/aromatic N) is 4. The highest BCUT2D eigenvalue weighted by Gasteiger charge is 2.27. The lowest BCUT2D eigenvalue weighted by atomic mass is 10.1. The molecule has 1 aliphatic heterocycles. The van der Waals surface area contributed by atoms with Gasteiger partial charge in [-0.3, -0.25) is 14.3 Å². The lowest BCUT2D eigenvalue weighted by Crippen LogP contribution is -2.50. The quantitative estimate of drug-likeness (QED) is 0.844. The summed E-state index contributed by atoms with van der Waals surface area (Å²) in [5.74, 6) is 0.657. The predicted molar refractivity (Wildman–Crippen MR) is 92.7 cm³/mol. The molecule has 0 atom stereocenters. The van der Waals surface area contributed by atoms with Crippen molar-refractivity contribution in [3.05, 3.63) is 47.3 Å². The summed E-state index contributed by atoms with van der Waals surface area (Å²) in [6, 6.07) is 8.86. The van der Waals surface area contributed by atoms with E-state index in [1.165, 1.54) is 0 Å². The molecule has 0 aliphatic carbocycles. The first-order chi connectivity index (χ1) is 12.0. The number of ether oxygens (including phenoxy) is 1. The Morgan fingerprint density at radius 1 is 1.00 bits per heavy atom. The van der Waals surface area contributed by atoms with Crippen LogP contribution in [0.4, 0.5) is 0 Å². The molecule has 0 saturated carbocycles. The van der Waals surface area contributed by atoms with Gasteiger partial charge >= 0.3 is 0 Å². The number of methoxy groups -OCH3 is 1. The van der Waals surface area contributed by atoms with E-state index in [2.05, 4.69) is 5.10 Å². The Labute approximate surface area is 146 Å². The molecule has 7 heteroatoms. The Bertz CT molecular complexity index is 774. The highest BCUT2D eigenvalue weighted by Crippen LogP contribution is 2.15. The molecule has 1 fully saturated rings. The average molecular weight is 342 g/mol. The molecular weight excluding hydrogens is 320 g/mol. The van der Waals surface area contributed by atoms with Crippen LogP contribution in [-0.2, 0) is 7.05 Å². The maximum Gasteiger partial charge on any atom is 0.272 e. The third kappa shape index (κ3) is 3.50. The Kier molecular flexibility index (Phi) is 4.74. The molecule has 1 aromatic heterocycles. The maximum absolute atomic E-state index is 12.6. The molecule has 1 saturated heterocycles. The van der Waals surface area contributed by atoms with Crippen LogP contribution in [-0.4, -0.2) is 64.7 Å². The fourth-order valence-corrected chi connectivity index (χ4v) is 3.00. The van der Waals surface area contributed by atoms with E-state index in [1.807, 2.05) is 6.92 Å². The lowest BCUT2D eigenvalue weighted by Gasteiger charge is -2.34. The standard InChI is InChI=1S/C18H22N4O3/c1-13-12-16(20(2)19-13)18(24)22-10-8-21(9-11-22)17(23)14-4-6-15(25-3)7-5-14/h4-7,12H,8-11H2,1-3H3. The molecule has 0 N–H and O–H groups in total. The van der Waals surface area contributed by atoms with E-state index in [1.54, 1.807) is 59.0 Å². The summed E-state index contributed by atoms with van der Waals surface area (Å²) in [5, 5.41) is 4.22. The molecule has 3 rings (SSSR count). The second-order valence-corrected chi connectivity index (χ2v) is 6.11. The lowest BCUT2D eigenvalue weighted by molar-refractivity contribution is 0.0529. The smallest absolute Gasteiger partial charge is 0.272 e. The highest BCUT2D eigenvalue weighted by molar-refractivity contribution is 5.95. The SMILES string of the molecule is COc1ccc(C(=O)N2CCN(C(=O)c3cc(C)nn3C)CC2)cc1. The molecule has 2 aromatic rings. The monoisotopic (exact) mass is 342 g/mol. The van der Waals surface area contributed by atoms with Crippen LogP contribution in [0.3, 0.4) is 0 Å². The second kappa shape index (κ2) is 6.96. The van der Waals surface area contributed by atoms with Crippen molar-refractivity contribution in [3.63, 3.8) is 0 Å². The van der Waals surface area contributed by atoms with Crippen molar-refractivity contribution in [2.45, 2.75) is 6.92 Å². The predicted octanol–water partition coefficient (Wildman–Crippen LogP) is 1.34. The Balaban J connectivity index is 1.62. The number of carbonyl (C=O) groups excluding carboxylic acids is 2. The van der Waals surface area contributed by atoms with Gasteiger partial charge in [-0.05, 0) is 37.3 Å². The molecule has 132 valence electrons. The summed E-state index contributed by atoms with van der Waals surface area (Å²) in [6.45, 7) is 3.94. The van der Waals surface area contributed by atoms with Gasteiger partial charge in [-0.2, -0.15) is 5.10 Å². The van der Waals surface area contributed by atoms with Gasteiger partial charge in [0.1, 0.15) is 11.4 Å². The number of hydrogen-bond acceptors (Lipinski definition) is 4. The summed E-state index contributed by atoms with van der Waals surface area (Å²) in [7, 11) is 3.36. The Hall–Kier alpha value is -2.83. The van der Waals surface area contributed by atoms with Crippen molar-refractivity contribution in [1.29, 1.82) is 0 Å². The van der Waals surface area contributed by atoms with E-state index < -0.39 is 0 Å². The zero-order valence-corrected chi connectivity index (χ0v) is 14.7. The first kappa shape index (κ1) is 17.0. The Morgan fingerprint density at radius 3 is 2.04 bits per heavy atom. The van der Waals surface area contributed by atoms with Gasteiger partial charge in [0.05, 0.1) is 12.8 Å². The van der Waals surface area contributed by atoms with Gasteiger partial charge in [-0.1, -0.05) is 0 Å². The molecule has 1 aromatic carbocycles. The number of carbonyl (C=O) groups is 2. The van der Waals surface area contributed by atoms with E-state index in [0.29, 0.717) is 37.4 Å². The molecule has 0 unspecified atom stereocenters. The van der Waals surface area contributed by atoms with Gasteiger partial charge in [0.2, 0.25) is 0 Å². The number of amides is 2. The first-order valence-corrected chi connectivity index (χ1v) is 8.23. The third-order valence-electron chi connectivity index (χ3n) is 4.41. The molecule has 25 heavy (non-hydrogen) atoms. The second-order valence-electron chi connectivity index (χ2n) is 6.11. The Morgan fingerprint density at radius 2 is 1.56 bits per heavy atom. The van der Waals surface area contributed by atoms with Crippen LogP contribution in [0.5, 0.6) is 5.75 Å². The average Bonchev–Trinajstić information content (AvgIpc) is 2.99. The van der Waals surface area contributed by atoms with Crippen molar-refractivity contribution in [2.24, 2.45) is 7.05 Å². The van der Waals surface area contributed by atoms with E-state index >= 15 is 0 Å². The molecule has 0 radical (unpaired) electrons. The van der Waals surface area contributed by atoms with E-state index in [-0.39, 0.29) is 11.8 Å². The van der Waals surface area contributed by atoms with E-state index in [9.17, 15) is 9.59 Å². The zero-order chi connectivity index (χ0) is 18.0. The number of benzene rings is 1. The molecule has 0 bridgehead atoms. The maximum atomic E-state index is 12.6. The minimum Gasteiger partial charge on any atom is -0.497 e. The van der Waals surface area contributed by atoms with Crippen LogP contribution >= 0.6 is 0 Å². The van der Waals surface area contributed by atoms with Gasteiger partial charge in [-0.25, -0.2) is 0 Å². The van der Waals surface area contributed by atoms with Crippen LogP contribution in [0.1, 0.15) is 26.5 Å². The highest BCUT2D eigenvalue weighted by atomic mass is 16.5. The number of piperazine rings is 1.